The van der Waals surface area contributed by atoms with E-state index in [1.165, 1.54) is 0 Å². The average Bonchev–Trinajstić information content (AvgIpc) is 2.63. The summed E-state index contributed by atoms with van der Waals surface area (Å²) in [6, 6.07) is 3.61. The lowest BCUT2D eigenvalue weighted by molar-refractivity contribution is 0.0576. The van der Waals surface area contributed by atoms with Crippen molar-refractivity contribution in [3.05, 3.63) is 29.2 Å². The van der Waals surface area contributed by atoms with Gasteiger partial charge in [-0.3, -0.25) is 0 Å². The van der Waals surface area contributed by atoms with E-state index in [0.717, 1.165) is 17.0 Å². The molecule has 0 radical (unpaired) electrons. The number of aryl methyl sites for hydroxylation is 1. The van der Waals surface area contributed by atoms with Crippen LogP contribution in [0.15, 0.2) is 18.3 Å². The van der Waals surface area contributed by atoms with Gasteiger partial charge >= 0.3 is 0 Å². The summed E-state index contributed by atoms with van der Waals surface area (Å²) in [5, 5.41) is 18.2. The third-order valence-electron chi connectivity index (χ3n) is 2.48. The van der Waals surface area contributed by atoms with E-state index in [2.05, 4.69) is 15.3 Å². The molecule has 2 heterocycles. The van der Waals surface area contributed by atoms with Gasteiger partial charge in [0.05, 0.1) is 24.0 Å². The highest BCUT2D eigenvalue weighted by Crippen LogP contribution is 2.23. The number of aliphatic hydroxyl groups is 1. The second-order valence-electron chi connectivity index (χ2n) is 4.86. The van der Waals surface area contributed by atoms with Gasteiger partial charge in [-0.2, -0.15) is 0 Å². The van der Waals surface area contributed by atoms with Gasteiger partial charge in [0.15, 0.2) is 0 Å². The van der Waals surface area contributed by atoms with Gasteiger partial charge < -0.3 is 5.11 Å². The number of aromatic nitrogens is 4. The average molecular weight is 267 g/mol. The third kappa shape index (κ3) is 2.86. The number of hydrogen-bond acceptors (Lipinski definition) is 4. The fraction of sp³-hybridized carbons (Fsp3) is 0.417. The molecule has 18 heavy (non-hydrogen) atoms. The van der Waals surface area contributed by atoms with Crippen molar-refractivity contribution < 1.29 is 5.11 Å². The summed E-state index contributed by atoms with van der Waals surface area (Å²) in [5.74, 6) is 0. The lowest BCUT2D eigenvalue weighted by atomic mass is 10.1. The van der Waals surface area contributed by atoms with Crippen molar-refractivity contribution in [2.24, 2.45) is 0 Å². The molecular formula is C12H15ClN4O. The van der Waals surface area contributed by atoms with Crippen LogP contribution in [0.2, 0.25) is 5.15 Å². The Balaban J connectivity index is 2.42. The lowest BCUT2D eigenvalue weighted by Crippen LogP contribution is -2.27. The number of pyridine rings is 1. The SMILES string of the molecule is Cc1nc(Cl)ccc1-c1cnnn1CC(C)(C)O. The minimum atomic E-state index is -0.851. The van der Waals surface area contributed by atoms with Gasteiger partial charge in [-0.25, -0.2) is 9.67 Å². The normalized spacial score (nSPS) is 11.8. The van der Waals surface area contributed by atoms with Gasteiger partial charge in [0.1, 0.15) is 5.15 Å². The Morgan fingerprint density at radius 1 is 1.39 bits per heavy atom. The van der Waals surface area contributed by atoms with Crippen LogP contribution in [0.1, 0.15) is 19.5 Å². The molecule has 0 amide bonds. The molecule has 0 saturated carbocycles. The number of nitrogens with zero attached hydrogens (tertiary/aromatic N) is 4. The summed E-state index contributed by atoms with van der Waals surface area (Å²) >= 11 is 5.84. The van der Waals surface area contributed by atoms with E-state index in [0.29, 0.717) is 11.7 Å². The summed E-state index contributed by atoms with van der Waals surface area (Å²) in [6.45, 7) is 5.70. The van der Waals surface area contributed by atoms with Crippen LogP contribution in [0.25, 0.3) is 11.3 Å². The van der Waals surface area contributed by atoms with Crippen molar-refractivity contribution in [3.8, 4) is 11.3 Å². The summed E-state index contributed by atoms with van der Waals surface area (Å²) in [5.41, 5.74) is 1.69. The van der Waals surface area contributed by atoms with Crippen LogP contribution in [0.3, 0.4) is 0 Å². The van der Waals surface area contributed by atoms with E-state index in [1.807, 2.05) is 13.0 Å². The maximum atomic E-state index is 9.85. The molecule has 0 saturated heterocycles. The number of hydrogen-bond donors (Lipinski definition) is 1. The Kier molecular flexibility index (Phi) is 3.36. The van der Waals surface area contributed by atoms with Crippen LogP contribution in [0, 0.1) is 6.92 Å². The molecule has 0 aliphatic carbocycles. The second kappa shape index (κ2) is 4.66. The van der Waals surface area contributed by atoms with E-state index < -0.39 is 5.60 Å². The molecule has 0 bridgehead atoms. The third-order valence-corrected chi connectivity index (χ3v) is 2.69. The molecule has 2 aromatic rings. The molecule has 0 aromatic carbocycles. The van der Waals surface area contributed by atoms with Crippen LogP contribution >= 0.6 is 11.6 Å². The zero-order valence-corrected chi connectivity index (χ0v) is 11.3. The van der Waals surface area contributed by atoms with E-state index in [1.54, 1.807) is 30.8 Å². The molecular weight excluding hydrogens is 252 g/mol. The van der Waals surface area contributed by atoms with Gasteiger partial charge in [0.25, 0.3) is 0 Å². The van der Waals surface area contributed by atoms with Crippen LogP contribution in [0.4, 0.5) is 0 Å². The van der Waals surface area contributed by atoms with Crippen molar-refractivity contribution in [2.45, 2.75) is 32.9 Å². The minimum absolute atomic E-state index is 0.365. The maximum absolute atomic E-state index is 9.85. The molecule has 96 valence electrons. The number of halogens is 1. The fourth-order valence-electron chi connectivity index (χ4n) is 1.75. The summed E-state index contributed by atoms with van der Waals surface area (Å²) < 4.78 is 1.66. The van der Waals surface area contributed by atoms with E-state index in [9.17, 15) is 5.11 Å². The Hall–Kier alpha value is -1.46. The molecule has 0 atom stereocenters. The summed E-state index contributed by atoms with van der Waals surface area (Å²) in [7, 11) is 0. The lowest BCUT2D eigenvalue weighted by Gasteiger charge is -2.18. The van der Waals surface area contributed by atoms with Gasteiger partial charge in [-0.15, -0.1) is 5.10 Å². The second-order valence-corrected chi connectivity index (χ2v) is 5.24. The van der Waals surface area contributed by atoms with Crippen molar-refractivity contribution in [2.75, 3.05) is 0 Å². The van der Waals surface area contributed by atoms with E-state index in [-0.39, 0.29) is 0 Å². The largest absolute Gasteiger partial charge is 0.389 e. The van der Waals surface area contributed by atoms with Crippen LogP contribution in [-0.2, 0) is 6.54 Å². The quantitative estimate of drug-likeness (QED) is 0.864. The van der Waals surface area contributed by atoms with Crippen molar-refractivity contribution >= 4 is 11.6 Å². The monoisotopic (exact) mass is 266 g/mol. The molecule has 0 fully saturated rings. The van der Waals surface area contributed by atoms with Crippen LogP contribution in [0.5, 0.6) is 0 Å². The Bertz CT molecular complexity index is 559. The zero-order chi connectivity index (χ0) is 13.3. The number of rotatable bonds is 3. The Morgan fingerprint density at radius 2 is 2.11 bits per heavy atom. The minimum Gasteiger partial charge on any atom is -0.389 e. The van der Waals surface area contributed by atoms with Crippen molar-refractivity contribution in [1.29, 1.82) is 0 Å². The summed E-state index contributed by atoms with van der Waals surface area (Å²) in [6.07, 6.45) is 1.66. The molecule has 0 spiro atoms. The Morgan fingerprint density at radius 3 is 2.72 bits per heavy atom. The highest BCUT2D eigenvalue weighted by Gasteiger charge is 2.18. The maximum Gasteiger partial charge on any atom is 0.129 e. The zero-order valence-electron chi connectivity index (χ0n) is 10.6. The molecule has 5 nitrogen and oxygen atoms in total. The predicted molar refractivity (Wildman–Crippen MR) is 69.3 cm³/mol. The summed E-state index contributed by atoms with van der Waals surface area (Å²) in [4.78, 5) is 4.20. The van der Waals surface area contributed by atoms with Crippen LogP contribution < -0.4 is 0 Å². The van der Waals surface area contributed by atoms with E-state index in [4.69, 9.17) is 11.6 Å². The molecule has 0 aliphatic rings. The van der Waals surface area contributed by atoms with Crippen LogP contribution in [-0.4, -0.2) is 30.7 Å². The van der Waals surface area contributed by atoms with Gasteiger partial charge in [-0.05, 0) is 32.9 Å². The Labute approximate surface area is 110 Å². The van der Waals surface area contributed by atoms with E-state index >= 15 is 0 Å². The predicted octanol–water partition coefficient (Wildman–Crippen LogP) is 2.07. The van der Waals surface area contributed by atoms with Crippen molar-refractivity contribution in [3.63, 3.8) is 0 Å². The highest BCUT2D eigenvalue weighted by molar-refractivity contribution is 6.29. The smallest absolute Gasteiger partial charge is 0.129 e. The van der Waals surface area contributed by atoms with Gasteiger partial charge in [-0.1, -0.05) is 16.8 Å². The van der Waals surface area contributed by atoms with Gasteiger partial charge in [0, 0.05) is 11.3 Å². The standard InChI is InChI=1S/C12H15ClN4O/c1-8-9(4-5-11(13)15-8)10-6-14-16-17(10)7-12(2,3)18/h4-6,18H,7H2,1-3H3. The molecule has 6 heteroatoms. The molecule has 0 aliphatic heterocycles. The first-order chi connectivity index (χ1) is 8.37. The molecule has 2 aromatic heterocycles. The first-order valence-corrected chi connectivity index (χ1v) is 5.99. The molecule has 2 rings (SSSR count). The molecule has 1 N–H and O–H groups in total. The van der Waals surface area contributed by atoms with Crippen molar-refractivity contribution in [1.82, 2.24) is 20.0 Å². The topological polar surface area (TPSA) is 63.8 Å². The highest BCUT2D eigenvalue weighted by atomic mass is 35.5. The fourth-order valence-corrected chi connectivity index (χ4v) is 1.94. The molecule has 0 unspecified atom stereocenters. The first-order valence-electron chi connectivity index (χ1n) is 5.61. The first kappa shape index (κ1) is 13.0. The van der Waals surface area contributed by atoms with Gasteiger partial charge in [0.2, 0.25) is 0 Å².